The average molecular weight is 565 g/mol. The van der Waals surface area contributed by atoms with E-state index in [2.05, 4.69) is 5.32 Å². The van der Waals surface area contributed by atoms with E-state index in [9.17, 15) is 9.59 Å². The molecule has 2 heterocycles. The van der Waals surface area contributed by atoms with Crippen LogP contribution in [0.5, 0.6) is 0 Å². The van der Waals surface area contributed by atoms with Gasteiger partial charge in [-0.25, -0.2) is 9.18 Å². The summed E-state index contributed by atoms with van der Waals surface area (Å²) in [6.45, 7) is 16.0. The third kappa shape index (κ3) is 7.93. The summed E-state index contributed by atoms with van der Waals surface area (Å²) in [4.78, 5) is 27.2. The first-order valence-electron chi connectivity index (χ1n) is 15.9. The molecule has 4 aliphatic rings. The molecule has 2 amide bonds. The average Bonchev–Trinajstić information content (AvgIpc) is 3.09. The summed E-state index contributed by atoms with van der Waals surface area (Å²) in [5.74, 6) is 1.70. The van der Waals surface area contributed by atoms with Crippen LogP contribution in [0.3, 0.4) is 0 Å². The van der Waals surface area contributed by atoms with E-state index in [-0.39, 0.29) is 30.9 Å². The highest BCUT2D eigenvalue weighted by atomic mass is 19.1. The fourth-order valence-electron chi connectivity index (χ4n) is 7.23. The summed E-state index contributed by atoms with van der Waals surface area (Å²) in [6.07, 6.45) is 7.68. The maximum atomic E-state index is 15.3. The van der Waals surface area contributed by atoms with E-state index in [1.165, 1.54) is 12.8 Å². The maximum absolute atomic E-state index is 15.3. The van der Waals surface area contributed by atoms with Crippen molar-refractivity contribution in [1.82, 2.24) is 10.2 Å². The molecule has 0 bridgehead atoms. The monoisotopic (exact) mass is 564 g/mol. The van der Waals surface area contributed by atoms with Crippen LogP contribution in [0.1, 0.15) is 113 Å². The Hall–Kier alpha value is -1.35. The first-order valence-corrected chi connectivity index (χ1v) is 15.9. The van der Waals surface area contributed by atoms with E-state index in [0.29, 0.717) is 43.6 Å². The highest BCUT2D eigenvalue weighted by molar-refractivity contribution is 6.47. The van der Waals surface area contributed by atoms with Crippen LogP contribution in [0.25, 0.3) is 0 Å². The number of carbonyl (C=O) groups is 2. The van der Waals surface area contributed by atoms with Crippen molar-refractivity contribution in [2.75, 3.05) is 19.6 Å². The van der Waals surface area contributed by atoms with E-state index in [0.717, 1.165) is 45.2 Å². The van der Waals surface area contributed by atoms with Gasteiger partial charge in [-0.3, -0.25) is 4.79 Å². The van der Waals surface area contributed by atoms with Crippen LogP contribution < -0.4 is 5.32 Å². The molecular formula is C31H54BFN2O5. The van der Waals surface area contributed by atoms with Gasteiger partial charge in [0.2, 0.25) is 5.91 Å². The number of nitrogens with one attached hydrogen (secondary N) is 1. The highest BCUT2D eigenvalue weighted by Crippen LogP contribution is 2.46. The van der Waals surface area contributed by atoms with Crippen LogP contribution in [0.4, 0.5) is 9.18 Å². The molecule has 0 aromatic carbocycles. The predicted molar refractivity (Wildman–Crippen MR) is 156 cm³/mol. The molecular weight excluding hydrogens is 510 g/mol. The van der Waals surface area contributed by atoms with E-state index in [1.54, 1.807) is 0 Å². The number of rotatable bonds is 6. The molecule has 0 radical (unpaired) electrons. The Morgan fingerprint density at radius 2 is 1.60 bits per heavy atom. The van der Waals surface area contributed by atoms with E-state index in [1.807, 2.05) is 53.4 Å². The van der Waals surface area contributed by atoms with Crippen molar-refractivity contribution in [3.8, 4) is 0 Å². The third-order valence-electron chi connectivity index (χ3n) is 10.4. The number of alkyl halides is 1. The molecule has 9 heteroatoms. The molecule has 4 fully saturated rings. The SMILES string of the molecule is CC(C)(C)OC(=O)NCC1CCCC(C2CCN(C(=O)CC3CCC(B4OC(C)(C)C(C)(C)O4)CC3F)CC2)C1. The fourth-order valence-corrected chi connectivity index (χ4v) is 7.23. The lowest BCUT2D eigenvalue weighted by atomic mass is 9.61. The standard InChI is InChI=1S/C31H54BFN2O5/c1-29(2,3)38-28(37)34-20-21-9-8-10-23(17-21)22-13-15-35(16-14-22)27(36)18-24-11-12-25(19-26(24)33)32-39-30(4,5)31(6,7)40-32/h21-26H,8-20H2,1-7H3,(H,34,37). The number of carbonyl (C=O) groups excluding carboxylic acids is 2. The lowest BCUT2D eigenvalue weighted by molar-refractivity contribution is -0.134. The van der Waals surface area contributed by atoms with E-state index < -0.39 is 23.0 Å². The minimum absolute atomic E-state index is 0.0387. The number of halogens is 1. The van der Waals surface area contributed by atoms with Gasteiger partial charge in [-0.1, -0.05) is 19.3 Å². The minimum Gasteiger partial charge on any atom is -0.444 e. The Kier molecular flexibility index (Phi) is 9.86. The number of hydrogen-bond donors (Lipinski definition) is 1. The van der Waals surface area contributed by atoms with Gasteiger partial charge < -0.3 is 24.3 Å². The first-order chi connectivity index (χ1) is 18.6. The lowest BCUT2D eigenvalue weighted by Gasteiger charge is -2.40. The van der Waals surface area contributed by atoms with Crippen molar-refractivity contribution in [1.29, 1.82) is 0 Å². The van der Waals surface area contributed by atoms with Crippen molar-refractivity contribution in [3.05, 3.63) is 0 Å². The highest BCUT2D eigenvalue weighted by Gasteiger charge is 2.54. The number of nitrogens with zero attached hydrogens (tertiary/aromatic N) is 1. The Morgan fingerprint density at radius 1 is 0.950 bits per heavy atom. The van der Waals surface area contributed by atoms with Gasteiger partial charge in [0, 0.05) is 26.1 Å². The quantitative estimate of drug-likeness (QED) is 0.371. The van der Waals surface area contributed by atoms with Gasteiger partial charge in [-0.05, 0) is 116 Å². The molecule has 4 rings (SSSR count). The zero-order chi connectivity index (χ0) is 29.3. The second-order valence-electron chi connectivity index (χ2n) is 15.1. The molecule has 0 spiro atoms. The van der Waals surface area contributed by atoms with Crippen molar-refractivity contribution >= 4 is 19.1 Å². The Morgan fingerprint density at radius 3 is 2.20 bits per heavy atom. The molecule has 228 valence electrons. The molecule has 5 atom stereocenters. The van der Waals surface area contributed by atoms with Gasteiger partial charge in [0.25, 0.3) is 0 Å². The molecule has 2 aliphatic heterocycles. The molecule has 5 unspecified atom stereocenters. The molecule has 2 saturated heterocycles. The summed E-state index contributed by atoms with van der Waals surface area (Å²) in [5, 5.41) is 2.96. The number of likely N-dealkylation sites (tertiary alicyclic amines) is 1. The maximum Gasteiger partial charge on any atom is 0.461 e. The normalized spacial score (nSPS) is 33.0. The molecule has 2 aliphatic carbocycles. The van der Waals surface area contributed by atoms with Crippen LogP contribution in [0.15, 0.2) is 0 Å². The largest absolute Gasteiger partial charge is 0.461 e. The topological polar surface area (TPSA) is 77.1 Å². The second-order valence-corrected chi connectivity index (χ2v) is 15.1. The smallest absolute Gasteiger partial charge is 0.444 e. The van der Waals surface area contributed by atoms with Crippen molar-refractivity contribution in [2.24, 2.45) is 23.7 Å². The zero-order valence-electron chi connectivity index (χ0n) is 26.1. The zero-order valence-corrected chi connectivity index (χ0v) is 26.1. The third-order valence-corrected chi connectivity index (χ3v) is 10.4. The van der Waals surface area contributed by atoms with Crippen LogP contribution in [-0.2, 0) is 18.8 Å². The van der Waals surface area contributed by atoms with Crippen molar-refractivity contribution in [3.63, 3.8) is 0 Å². The first kappa shape index (κ1) is 31.6. The molecule has 1 N–H and O–H groups in total. The Balaban J connectivity index is 1.17. The molecule has 0 aromatic heterocycles. The minimum atomic E-state index is -0.993. The van der Waals surface area contributed by atoms with E-state index in [4.69, 9.17) is 14.0 Å². The summed E-state index contributed by atoms with van der Waals surface area (Å²) in [7, 11) is -0.369. The summed E-state index contributed by atoms with van der Waals surface area (Å²) < 4.78 is 33.0. The van der Waals surface area contributed by atoms with Crippen molar-refractivity contribution in [2.45, 2.75) is 141 Å². The summed E-state index contributed by atoms with van der Waals surface area (Å²) in [5.41, 5.74) is -1.29. The van der Waals surface area contributed by atoms with Gasteiger partial charge in [0.15, 0.2) is 0 Å². The Bertz CT molecular complexity index is 869. The van der Waals surface area contributed by atoms with Crippen LogP contribution in [0, 0.1) is 23.7 Å². The second kappa shape index (κ2) is 12.5. The van der Waals surface area contributed by atoms with Gasteiger partial charge >= 0.3 is 13.2 Å². The number of hydrogen-bond acceptors (Lipinski definition) is 5. The van der Waals surface area contributed by atoms with Gasteiger partial charge in [0.1, 0.15) is 11.8 Å². The number of ether oxygens (including phenoxy) is 1. The number of alkyl carbamates (subject to hydrolysis) is 1. The van der Waals surface area contributed by atoms with Crippen LogP contribution >= 0.6 is 0 Å². The Labute approximate surface area is 242 Å². The van der Waals surface area contributed by atoms with Gasteiger partial charge in [0.05, 0.1) is 11.2 Å². The summed E-state index contributed by atoms with van der Waals surface area (Å²) >= 11 is 0. The van der Waals surface area contributed by atoms with Crippen molar-refractivity contribution < 1.29 is 28.0 Å². The van der Waals surface area contributed by atoms with Gasteiger partial charge in [-0.15, -0.1) is 0 Å². The molecule has 0 aromatic rings. The van der Waals surface area contributed by atoms with Gasteiger partial charge in [-0.2, -0.15) is 0 Å². The fraction of sp³-hybridized carbons (Fsp3) is 0.935. The molecule has 2 saturated carbocycles. The molecule has 40 heavy (non-hydrogen) atoms. The van der Waals surface area contributed by atoms with Crippen LogP contribution in [-0.4, -0.2) is 66.6 Å². The predicted octanol–water partition coefficient (Wildman–Crippen LogP) is 6.55. The van der Waals surface area contributed by atoms with E-state index >= 15 is 4.39 Å². The molecule has 7 nitrogen and oxygen atoms in total. The number of amides is 2. The summed E-state index contributed by atoms with van der Waals surface area (Å²) in [6, 6.07) is 0. The number of piperidine rings is 1. The van der Waals surface area contributed by atoms with Crippen LogP contribution in [0.2, 0.25) is 5.82 Å². The lowest BCUT2D eigenvalue weighted by Crippen LogP contribution is -2.43.